The average molecular weight is 320 g/mol. The molecule has 0 aliphatic carbocycles. The molecule has 0 atom stereocenters. The number of aromatic nitrogens is 2. The molecule has 0 spiro atoms. The standard InChI is InChI=1S/C19H20N4O/c1-12-18(15-5-3-4-6-17(15)21-12)22-19(24)16-10-20-9-13-11-23(2)8-7-14(13)16/h3-6,9-10,21H,7-8,11H2,1-2H3,(H,22,24). The molecule has 2 N–H and O–H groups in total. The molecule has 1 aliphatic heterocycles. The molecule has 3 aromatic rings. The number of amides is 1. The van der Waals surface area contributed by atoms with Crippen LogP contribution in [0.2, 0.25) is 0 Å². The molecule has 1 aliphatic rings. The van der Waals surface area contributed by atoms with Crippen molar-refractivity contribution in [2.24, 2.45) is 0 Å². The Kier molecular flexibility index (Phi) is 3.58. The Hall–Kier alpha value is -2.66. The molecule has 0 unspecified atom stereocenters. The Labute approximate surface area is 140 Å². The van der Waals surface area contributed by atoms with Gasteiger partial charge in [-0.1, -0.05) is 18.2 Å². The van der Waals surface area contributed by atoms with E-state index in [1.165, 1.54) is 0 Å². The first kappa shape index (κ1) is 14.9. The molecule has 1 aromatic carbocycles. The summed E-state index contributed by atoms with van der Waals surface area (Å²) in [7, 11) is 2.09. The SMILES string of the molecule is Cc1[nH]c2ccccc2c1NC(=O)c1cncc2c1CCN(C)C2. The van der Waals surface area contributed by atoms with Crippen molar-refractivity contribution < 1.29 is 4.79 Å². The van der Waals surface area contributed by atoms with Gasteiger partial charge in [-0.15, -0.1) is 0 Å². The fraction of sp³-hybridized carbons (Fsp3) is 0.263. The zero-order valence-corrected chi connectivity index (χ0v) is 13.9. The molecule has 4 rings (SSSR count). The Morgan fingerprint density at radius 1 is 1.29 bits per heavy atom. The number of hydrogen-bond acceptors (Lipinski definition) is 3. The normalized spacial score (nSPS) is 14.6. The highest BCUT2D eigenvalue weighted by atomic mass is 16.1. The molecule has 0 bridgehead atoms. The highest BCUT2D eigenvalue weighted by molar-refractivity contribution is 6.10. The number of carbonyl (C=O) groups is 1. The number of likely N-dealkylation sites (N-methyl/N-ethyl adjacent to an activating group) is 1. The summed E-state index contributed by atoms with van der Waals surface area (Å²) >= 11 is 0. The van der Waals surface area contributed by atoms with Crippen molar-refractivity contribution in [1.29, 1.82) is 0 Å². The van der Waals surface area contributed by atoms with Gasteiger partial charge in [0, 0.05) is 42.1 Å². The monoisotopic (exact) mass is 320 g/mol. The maximum atomic E-state index is 12.9. The van der Waals surface area contributed by atoms with E-state index in [4.69, 9.17) is 0 Å². The molecule has 0 saturated carbocycles. The summed E-state index contributed by atoms with van der Waals surface area (Å²) in [4.78, 5) is 22.7. The lowest BCUT2D eigenvalue weighted by molar-refractivity contribution is 0.102. The van der Waals surface area contributed by atoms with E-state index in [-0.39, 0.29) is 5.91 Å². The molecule has 5 nitrogen and oxygen atoms in total. The van der Waals surface area contributed by atoms with Crippen molar-refractivity contribution in [3.63, 3.8) is 0 Å². The van der Waals surface area contributed by atoms with Crippen molar-refractivity contribution in [2.45, 2.75) is 19.9 Å². The molecule has 1 amide bonds. The molecule has 3 heterocycles. The van der Waals surface area contributed by atoms with Gasteiger partial charge in [-0.05, 0) is 37.6 Å². The van der Waals surface area contributed by atoms with Crippen LogP contribution in [0.5, 0.6) is 0 Å². The van der Waals surface area contributed by atoms with Crippen LogP contribution in [0.4, 0.5) is 5.69 Å². The van der Waals surface area contributed by atoms with Crippen molar-refractivity contribution in [2.75, 3.05) is 18.9 Å². The Bertz CT molecular complexity index is 928. The quantitative estimate of drug-likeness (QED) is 0.763. The molecule has 0 radical (unpaired) electrons. The van der Waals surface area contributed by atoms with Crippen LogP contribution >= 0.6 is 0 Å². The number of nitrogens with zero attached hydrogens (tertiary/aromatic N) is 2. The van der Waals surface area contributed by atoms with Gasteiger partial charge >= 0.3 is 0 Å². The second kappa shape index (κ2) is 5.76. The molecule has 0 fully saturated rings. The predicted molar refractivity (Wildman–Crippen MR) is 95.3 cm³/mol. The first-order chi connectivity index (χ1) is 11.6. The molecule has 0 saturated heterocycles. The number of para-hydroxylation sites is 1. The summed E-state index contributed by atoms with van der Waals surface area (Å²) in [5.41, 5.74) is 5.79. The Morgan fingerprint density at radius 3 is 3.00 bits per heavy atom. The van der Waals surface area contributed by atoms with Crippen LogP contribution in [-0.2, 0) is 13.0 Å². The first-order valence-corrected chi connectivity index (χ1v) is 8.16. The number of pyridine rings is 1. The van der Waals surface area contributed by atoms with E-state index in [2.05, 4.69) is 27.2 Å². The number of hydrogen-bond donors (Lipinski definition) is 2. The highest BCUT2D eigenvalue weighted by Crippen LogP contribution is 2.28. The van der Waals surface area contributed by atoms with Crippen LogP contribution in [0.3, 0.4) is 0 Å². The molecule has 24 heavy (non-hydrogen) atoms. The molecular weight excluding hydrogens is 300 g/mol. The summed E-state index contributed by atoms with van der Waals surface area (Å²) in [5, 5.41) is 4.12. The van der Waals surface area contributed by atoms with Gasteiger partial charge in [-0.3, -0.25) is 9.78 Å². The number of benzene rings is 1. The number of rotatable bonds is 2. The van der Waals surface area contributed by atoms with E-state index < -0.39 is 0 Å². The highest BCUT2D eigenvalue weighted by Gasteiger charge is 2.21. The van der Waals surface area contributed by atoms with Gasteiger partial charge in [0.05, 0.1) is 11.3 Å². The smallest absolute Gasteiger partial charge is 0.257 e. The average Bonchev–Trinajstić information content (AvgIpc) is 2.89. The summed E-state index contributed by atoms with van der Waals surface area (Å²) in [6.07, 6.45) is 4.44. The largest absolute Gasteiger partial charge is 0.357 e. The van der Waals surface area contributed by atoms with Crippen LogP contribution in [0.15, 0.2) is 36.7 Å². The van der Waals surface area contributed by atoms with E-state index in [9.17, 15) is 4.79 Å². The van der Waals surface area contributed by atoms with E-state index in [1.807, 2.05) is 37.4 Å². The third-order valence-corrected chi connectivity index (χ3v) is 4.71. The third-order valence-electron chi connectivity index (χ3n) is 4.71. The Morgan fingerprint density at radius 2 is 2.12 bits per heavy atom. The summed E-state index contributed by atoms with van der Waals surface area (Å²) < 4.78 is 0. The number of aryl methyl sites for hydroxylation is 1. The van der Waals surface area contributed by atoms with Crippen LogP contribution in [0.25, 0.3) is 10.9 Å². The summed E-state index contributed by atoms with van der Waals surface area (Å²) in [6.45, 7) is 3.78. The van der Waals surface area contributed by atoms with Gasteiger partial charge in [0.2, 0.25) is 0 Å². The van der Waals surface area contributed by atoms with E-state index in [0.29, 0.717) is 5.56 Å². The zero-order valence-electron chi connectivity index (χ0n) is 13.9. The second-order valence-corrected chi connectivity index (χ2v) is 6.44. The maximum Gasteiger partial charge on any atom is 0.257 e. The fourth-order valence-corrected chi connectivity index (χ4v) is 3.45. The van der Waals surface area contributed by atoms with Gasteiger partial charge in [0.15, 0.2) is 0 Å². The summed E-state index contributed by atoms with van der Waals surface area (Å²) in [5.74, 6) is -0.0863. The Balaban J connectivity index is 1.70. The van der Waals surface area contributed by atoms with Crippen LogP contribution in [0, 0.1) is 6.92 Å². The minimum atomic E-state index is -0.0863. The van der Waals surface area contributed by atoms with Gasteiger partial charge < -0.3 is 15.2 Å². The minimum absolute atomic E-state index is 0.0863. The predicted octanol–water partition coefficient (Wildman–Crippen LogP) is 3.11. The minimum Gasteiger partial charge on any atom is -0.357 e. The van der Waals surface area contributed by atoms with Gasteiger partial charge in [0.25, 0.3) is 5.91 Å². The first-order valence-electron chi connectivity index (χ1n) is 8.16. The van der Waals surface area contributed by atoms with Crippen molar-refractivity contribution in [3.05, 3.63) is 59.0 Å². The van der Waals surface area contributed by atoms with Crippen molar-refractivity contribution >= 4 is 22.5 Å². The topological polar surface area (TPSA) is 61.0 Å². The number of fused-ring (bicyclic) bond motifs is 2. The second-order valence-electron chi connectivity index (χ2n) is 6.44. The summed E-state index contributed by atoms with van der Waals surface area (Å²) in [6, 6.07) is 7.99. The van der Waals surface area contributed by atoms with Crippen LogP contribution < -0.4 is 5.32 Å². The zero-order chi connectivity index (χ0) is 16.7. The van der Waals surface area contributed by atoms with E-state index >= 15 is 0 Å². The van der Waals surface area contributed by atoms with E-state index in [0.717, 1.165) is 52.9 Å². The lowest BCUT2D eigenvalue weighted by Gasteiger charge is -2.26. The number of H-pyrrole nitrogens is 1. The number of nitrogens with one attached hydrogen (secondary N) is 2. The number of carbonyl (C=O) groups excluding carboxylic acids is 1. The van der Waals surface area contributed by atoms with Gasteiger partial charge in [0.1, 0.15) is 0 Å². The molecule has 122 valence electrons. The lowest BCUT2D eigenvalue weighted by atomic mass is 9.97. The maximum absolute atomic E-state index is 12.9. The number of anilines is 1. The van der Waals surface area contributed by atoms with Gasteiger partial charge in [-0.2, -0.15) is 0 Å². The van der Waals surface area contributed by atoms with Crippen molar-refractivity contribution in [3.8, 4) is 0 Å². The molecular formula is C19H20N4O. The molecule has 5 heteroatoms. The van der Waals surface area contributed by atoms with Gasteiger partial charge in [-0.25, -0.2) is 0 Å². The molecule has 2 aromatic heterocycles. The lowest BCUT2D eigenvalue weighted by Crippen LogP contribution is -2.29. The fourth-order valence-electron chi connectivity index (χ4n) is 3.45. The van der Waals surface area contributed by atoms with Crippen molar-refractivity contribution in [1.82, 2.24) is 14.9 Å². The van der Waals surface area contributed by atoms with Crippen LogP contribution in [0.1, 0.15) is 27.2 Å². The van der Waals surface area contributed by atoms with Crippen LogP contribution in [-0.4, -0.2) is 34.4 Å². The van der Waals surface area contributed by atoms with E-state index in [1.54, 1.807) is 6.20 Å². The third kappa shape index (κ3) is 2.47. The number of aromatic amines is 1.